The van der Waals surface area contributed by atoms with Crippen molar-refractivity contribution in [2.45, 2.75) is 12.7 Å². The Morgan fingerprint density at radius 1 is 1.53 bits per heavy atom. The first-order chi connectivity index (χ1) is 7.84. The van der Waals surface area contributed by atoms with Crippen LogP contribution in [0, 0.1) is 0 Å². The van der Waals surface area contributed by atoms with Crippen LogP contribution in [0.25, 0.3) is 0 Å². The summed E-state index contributed by atoms with van der Waals surface area (Å²) in [5.41, 5.74) is 0. The van der Waals surface area contributed by atoms with Crippen molar-refractivity contribution in [3.8, 4) is 5.88 Å². The molecule has 1 rings (SSSR count). The molecule has 1 heterocycles. The third-order valence-corrected chi connectivity index (χ3v) is 3.50. The molecule has 1 aromatic rings. The normalized spacial score (nSPS) is 11.2. The Labute approximate surface area is 99.2 Å². The first-order valence-corrected chi connectivity index (χ1v) is 6.71. The lowest BCUT2D eigenvalue weighted by Gasteiger charge is -2.07. The largest absolute Gasteiger partial charge is 0.416 e. The maximum Gasteiger partial charge on any atom is 0.416 e. The third-order valence-electron chi connectivity index (χ3n) is 1.90. The van der Waals surface area contributed by atoms with Crippen LogP contribution in [0.1, 0.15) is 12.7 Å². The third kappa shape index (κ3) is 4.06. The van der Waals surface area contributed by atoms with Crippen LogP contribution in [-0.2, 0) is 15.6 Å². The Morgan fingerprint density at radius 2 is 2.18 bits per heavy atom. The van der Waals surface area contributed by atoms with Crippen molar-refractivity contribution in [3.05, 3.63) is 11.8 Å². The number of hydrogen-bond donors (Lipinski definition) is 0. The lowest BCUT2D eigenvalue weighted by molar-refractivity contribution is 0.167. The van der Waals surface area contributed by atoms with Crippen LogP contribution in [0.2, 0.25) is 0 Å². The van der Waals surface area contributed by atoms with E-state index in [0.29, 0.717) is 0 Å². The van der Waals surface area contributed by atoms with Crippen molar-refractivity contribution >= 4 is 15.9 Å². The first kappa shape index (κ1) is 13.5. The second-order valence-corrected chi connectivity index (χ2v) is 5.92. The molecule has 0 saturated heterocycles. The molecule has 0 fully saturated rings. The number of hydrogen-bond acceptors (Lipinski definition) is 6. The molecule has 8 heteroatoms. The molecule has 7 nitrogen and oxygen atoms in total. The molecule has 1 amide bonds. The van der Waals surface area contributed by atoms with Gasteiger partial charge in [0.2, 0.25) is 0 Å². The predicted molar refractivity (Wildman–Crippen MR) is 59.4 cm³/mol. The van der Waals surface area contributed by atoms with Crippen molar-refractivity contribution < 1.29 is 22.5 Å². The average molecular weight is 262 g/mol. The van der Waals surface area contributed by atoms with Gasteiger partial charge in [0, 0.05) is 25.9 Å². The Balaban J connectivity index is 2.69. The summed E-state index contributed by atoms with van der Waals surface area (Å²) in [4.78, 5) is 12.4. The standard InChI is InChI=1S/C9H14N2O5S/c1-4-17(13,14)6-7-5-8(10-16-7)15-9(12)11(2)3/h5H,4,6H2,1-3H3. The Hall–Kier alpha value is -1.57. The summed E-state index contributed by atoms with van der Waals surface area (Å²) < 4.78 is 32.2. The zero-order valence-corrected chi connectivity index (χ0v) is 10.7. The van der Waals surface area contributed by atoms with Gasteiger partial charge in [-0.05, 0) is 5.16 Å². The van der Waals surface area contributed by atoms with Gasteiger partial charge >= 0.3 is 6.09 Å². The van der Waals surface area contributed by atoms with Gasteiger partial charge in [0.05, 0.1) is 0 Å². The van der Waals surface area contributed by atoms with E-state index in [2.05, 4.69) is 5.16 Å². The first-order valence-electron chi connectivity index (χ1n) is 4.89. The second kappa shape index (κ2) is 5.17. The molecule has 0 unspecified atom stereocenters. The van der Waals surface area contributed by atoms with Gasteiger partial charge in [0.25, 0.3) is 5.88 Å². The quantitative estimate of drug-likeness (QED) is 0.792. The summed E-state index contributed by atoms with van der Waals surface area (Å²) in [6.45, 7) is 1.54. The van der Waals surface area contributed by atoms with E-state index in [1.165, 1.54) is 25.1 Å². The van der Waals surface area contributed by atoms with E-state index in [0.717, 1.165) is 0 Å². The topological polar surface area (TPSA) is 89.7 Å². The molecule has 0 aliphatic carbocycles. The lowest BCUT2D eigenvalue weighted by Crippen LogP contribution is -2.25. The molecule has 0 spiro atoms. The van der Waals surface area contributed by atoms with E-state index >= 15 is 0 Å². The van der Waals surface area contributed by atoms with Gasteiger partial charge in [0.15, 0.2) is 15.6 Å². The number of carbonyl (C=O) groups is 1. The zero-order chi connectivity index (χ0) is 13.1. The summed E-state index contributed by atoms with van der Waals surface area (Å²) in [6, 6.07) is 1.29. The van der Waals surface area contributed by atoms with Crippen LogP contribution in [0.15, 0.2) is 10.6 Å². The minimum atomic E-state index is -3.19. The van der Waals surface area contributed by atoms with Crippen LogP contribution in [0.5, 0.6) is 5.88 Å². The minimum absolute atomic E-state index is 0.0144. The molecule has 1 aromatic heterocycles. The number of nitrogens with zero attached hydrogens (tertiary/aromatic N) is 2. The minimum Gasteiger partial charge on any atom is -0.388 e. The van der Waals surface area contributed by atoms with Gasteiger partial charge in [-0.2, -0.15) is 0 Å². The summed E-state index contributed by atoms with van der Waals surface area (Å²) >= 11 is 0. The number of aromatic nitrogens is 1. The molecule has 0 N–H and O–H groups in total. The van der Waals surface area contributed by atoms with E-state index in [9.17, 15) is 13.2 Å². The Morgan fingerprint density at radius 3 is 2.71 bits per heavy atom. The van der Waals surface area contributed by atoms with E-state index < -0.39 is 15.9 Å². The van der Waals surface area contributed by atoms with Gasteiger partial charge in [-0.3, -0.25) is 0 Å². The van der Waals surface area contributed by atoms with Crippen LogP contribution < -0.4 is 4.74 Å². The van der Waals surface area contributed by atoms with Gasteiger partial charge in [-0.25, -0.2) is 13.2 Å². The summed E-state index contributed by atoms with van der Waals surface area (Å²) in [7, 11) is -0.151. The fraction of sp³-hybridized carbons (Fsp3) is 0.556. The number of ether oxygens (including phenoxy) is 1. The molecule has 0 aliphatic rings. The van der Waals surface area contributed by atoms with Gasteiger partial charge in [0.1, 0.15) is 5.75 Å². The van der Waals surface area contributed by atoms with Crippen molar-refractivity contribution in [1.29, 1.82) is 0 Å². The molecule has 17 heavy (non-hydrogen) atoms. The number of sulfone groups is 1. The number of amides is 1. The molecular formula is C9H14N2O5S. The SMILES string of the molecule is CCS(=O)(=O)Cc1cc(OC(=O)N(C)C)no1. The molecule has 0 saturated carbocycles. The van der Waals surface area contributed by atoms with E-state index in [-0.39, 0.29) is 23.1 Å². The lowest BCUT2D eigenvalue weighted by atomic mass is 10.5. The van der Waals surface area contributed by atoms with Crippen LogP contribution in [0.3, 0.4) is 0 Å². The van der Waals surface area contributed by atoms with Crippen molar-refractivity contribution in [3.63, 3.8) is 0 Å². The summed E-state index contributed by atoms with van der Waals surface area (Å²) in [6.07, 6.45) is -0.608. The van der Waals surface area contributed by atoms with Gasteiger partial charge < -0.3 is 14.2 Å². The highest BCUT2D eigenvalue weighted by molar-refractivity contribution is 7.90. The van der Waals surface area contributed by atoms with Crippen molar-refractivity contribution in [2.75, 3.05) is 19.8 Å². The average Bonchev–Trinajstić information content (AvgIpc) is 2.64. The molecule has 96 valence electrons. The Bertz CT molecular complexity index is 491. The maximum absolute atomic E-state index is 11.3. The fourth-order valence-electron chi connectivity index (χ4n) is 0.910. The van der Waals surface area contributed by atoms with Crippen LogP contribution in [0.4, 0.5) is 4.79 Å². The van der Waals surface area contributed by atoms with E-state index in [1.807, 2.05) is 0 Å². The highest BCUT2D eigenvalue weighted by Crippen LogP contribution is 2.14. The molecule has 0 aromatic carbocycles. The molecule has 0 atom stereocenters. The van der Waals surface area contributed by atoms with Crippen molar-refractivity contribution in [2.24, 2.45) is 0 Å². The molecular weight excluding hydrogens is 248 g/mol. The van der Waals surface area contributed by atoms with Crippen LogP contribution in [-0.4, -0.2) is 44.4 Å². The number of carbonyl (C=O) groups excluding carboxylic acids is 1. The molecule has 0 aliphatic heterocycles. The van der Waals surface area contributed by atoms with E-state index in [4.69, 9.17) is 9.26 Å². The smallest absolute Gasteiger partial charge is 0.388 e. The highest BCUT2D eigenvalue weighted by Gasteiger charge is 2.16. The highest BCUT2D eigenvalue weighted by atomic mass is 32.2. The zero-order valence-electron chi connectivity index (χ0n) is 9.84. The summed E-state index contributed by atoms with van der Waals surface area (Å²) in [5, 5.41) is 3.45. The van der Waals surface area contributed by atoms with Crippen LogP contribution >= 0.6 is 0 Å². The van der Waals surface area contributed by atoms with E-state index in [1.54, 1.807) is 6.92 Å². The second-order valence-electron chi connectivity index (χ2n) is 3.57. The monoisotopic (exact) mass is 262 g/mol. The predicted octanol–water partition coefficient (Wildman–Crippen LogP) is 0.670. The Kier molecular flexibility index (Phi) is 4.11. The van der Waals surface area contributed by atoms with Gasteiger partial charge in [-0.1, -0.05) is 6.92 Å². The summed E-state index contributed by atoms with van der Waals surface area (Å²) in [5.74, 6) is -0.144. The number of rotatable bonds is 4. The fourth-order valence-corrected chi connectivity index (χ4v) is 1.68. The molecule has 0 bridgehead atoms. The van der Waals surface area contributed by atoms with Crippen molar-refractivity contribution in [1.82, 2.24) is 10.1 Å². The molecule has 0 radical (unpaired) electrons. The maximum atomic E-state index is 11.3. The van der Waals surface area contributed by atoms with Gasteiger partial charge in [-0.15, -0.1) is 0 Å².